The molecule has 0 spiro atoms. The van der Waals surface area contributed by atoms with Gasteiger partial charge in [0.15, 0.2) is 0 Å². The van der Waals surface area contributed by atoms with Crippen molar-refractivity contribution < 1.29 is 19.1 Å². The lowest BCUT2D eigenvalue weighted by atomic mass is 10.2. The van der Waals surface area contributed by atoms with Gasteiger partial charge in [-0.1, -0.05) is 15.9 Å². The van der Waals surface area contributed by atoms with E-state index in [2.05, 4.69) is 15.9 Å². The van der Waals surface area contributed by atoms with Crippen LogP contribution >= 0.6 is 15.9 Å². The number of anilines is 2. The first-order chi connectivity index (χ1) is 9.20. The Kier molecular flexibility index (Phi) is 5.38. The molecule has 4 N–H and O–H groups in total. The van der Waals surface area contributed by atoms with Gasteiger partial charge in [-0.05, 0) is 32.0 Å². The summed E-state index contributed by atoms with van der Waals surface area (Å²) in [7, 11) is 0. The van der Waals surface area contributed by atoms with Crippen molar-refractivity contribution in [1.82, 2.24) is 0 Å². The molecular weight excluding hydrogens is 328 g/mol. The molecule has 20 heavy (non-hydrogen) atoms. The summed E-state index contributed by atoms with van der Waals surface area (Å²) in [5.74, 6) is -1.00. The van der Waals surface area contributed by atoms with E-state index in [0.717, 1.165) is 0 Å². The minimum absolute atomic E-state index is 0.0165. The Bertz CT molecular complexity index is 491. The second-order valence-electron chi connectivity index (χ2n) is 4.63. The monoisotopic (exact) mass is 344 g/mol. The number of rotatable bonds is 5. The third kappa shape index (κ3) is 5.08. The third-order valence-corrected chi connectivity index (χ3v) is 2.57. The lowest BCUT2D eigenvalue weighted by Crippen LogP contribution is -2.28. The molecule has 1 rings (SSSR count). The van der Waals surface area contributed by atoms with E-state index < -0.39 is 16.3 Å². The summed E-state index contributed by atoms with van der Waals surface area (Å²) in [5.41, 5.74) is 12.2. The van der Waals surface area contributed by atoms with Crippen molar-refractivity contribution in [3.8, 4) is 0 Å². The number of ether oxygens (including phenoxy) is 2. The maximum Gasteiger partial charge on any atom is 0.338 e. The molecule has 0 heterocycles. The van der Waals surface area contributed by atoms with Gasteiger partial charge >= 0.3 is 11.9 Å². The highest BCUT2D eigenvalue weighted by molar-refractivity contribution is 9.10. The Labute approximate surface area is 125 Å². The molecule has 110 valence electrons. The standard InChI is InChI=1S/C13H17BrN2O4/c1-13(2,14)12(18)20-4-3-19-11(17)8-5-9(15)7-10(16)6-8/h5-7H,3-4,15-16H2,1-2H3. The Balaban J connectivity index is 2.43. The number of esters is 2. The molecule has 0 aromatic heterocycles. The van der Waals surface area contributed by atoms with Crippen LogP contribution in [-0.4, -0.2) is 29.5 Å². The van der Waals surface area contributed by atoms with Crippen LogP contribution in [0.25, 0.3) is 0 Å². The molecule has 0 radical (unpaired) electrons. The minimum Gasteiger partial charge on any atom is -0.461 e. The van der Waals surface area contributed by atoms with E-state index in [1.54, 1.807) is 13.8 Å². The van der Waals surface area contributed by atoms with Crippen molar-refractivity contribution >= 4 is 39.2 Å². The molecule has 0 unspecified atom stereocenters. The molecule has 0 aliphatic heterocycles. The zero-order valence-corrected chi connectivity index (χ0v) is 12.9. The molecule has 1 aromatic carbocycles. The Morgan fingerprint density at radius 3 is 2.10 bits per heavy atom. The summed E-state index contributed by atoms with van der Waals surface area (Å²) in [4.78, 5) is 23.1. The first-order valence-corrected chi connectivity index (χ1v) is 6.69. The second-order valence-corrected chi connectivity index (χ2v) is 6.62. The highest BCUT2D eigenvalue weighted by Gasteiger charge is 2.25. The molecule has 6 nitrogen and oxygen atoms in total. The summed E-state index contributed by atoms with van der Waals surface area (Å²) >= 11 is 3.17. The smallest absolute Gasteiger partial charge is 0.338 e. The zero-order chi connectivity index (χ0) is 15.3. The van der Waals surface area contributed by atoms with Crippen molar-refractivity contribution in [1.29, 1.82) is 0 Å². The van der Waals surface area contributed by atoms with Crippen LogP contribution in [0.3, 0.4) is 0 Å². The fourth-order valence-corrected chi connectivity index (χ4v) is 1.43. The van der Waals surface area contributed by atoms with E-state index in [-0.39, 0.29) is 18.8 Å². The fraction of sp³-hybridized carbons (Fsp3) is 0.385. The maximum atomic E-state index is 11.7. The predicted molar refractivity (Wildman–Crippen MR) is 79.5 cm³/mol. The molecular formula is C13H17BrN2O4. The molecule has 7 heteroatoms. The van der Waals surface area contributed by atoms with Gasteiger partial charge in [-0.15, -0.1) is 0 Å². The molecule has 0 amide bonds. The first-order valence-electron chi connectivity index (χ1n) is 5.89. The van der Waals surface area contributed by atoms with Gasteiger partial charge in [-0.25, -0.2) is 4.79 Å². The van der Waals surface area contributed by atoms with Gasteiger partial charge in [0.1, 0.15) is 17.5 Å². The van der Waals surface area contributed by atoms with E-state index in [0.29, 0.717) is 11.4 Å². The van der Waals surface area contributed by atoms with E-state index in [9.17, 15) is 9.59 Å². The van der Waals surface area contributed by atoms with Crippen LogP contribution in [0.4, 0.5) is 11.4 Å². The summed E-state index contributed by atoms with van der Waals surface area (Å²) in [6, 6.07) is 4.47. The third-order valence-electron chi connectivity index (χ3n) is 2.25. The van der Waals surface area contributed by atoms with Crippen LogP contribution in [0.5, 0.6) is 0 Å². The summed E-state index contributed by atoms with van der Waals surface area (Å²) in [6.45, 7) is 3.27. The van der Waals surface area contributed by atoms with Crippen molar-refractivity contribution in [3.05, 3.63) is 23.8 Å². The predicted octanol–water partition coefficient (Wildman–Crippen LogP) is 1.72. The number of hydrogen-bond acceptors (Lipinski definition) is 6. The SMILES string of the molecule is CC(C)(Br)C(=O)OCCOC(=O)c1cc(N)cc(N)c1. The number of carbonyl (C=O) groups excluding carboxylic acids is 2. The Morgan fingerprint density at radius 2 is 1.60 bits per heavy atom. The largest absolute Gasteiger partial charge is 0.461 e. The van der Waals surface area contributed by atoms with Crippen molar-refractivity contribution in [2.75, 3.05) is 24.7 Å². The number of halogens is 1. The minimum atomic E-state index is -0.765. The molecule has 0 atom stereocenters. The topological polar surface area (TPSA) is 105 Å². The summed E-state index contributed by atoms with van der Waals surface area (Å²) in [6.07, 6.45) is 0. The number of nitrogen functional groups attached to an aromatic ring is 2. The van der Waals surface area contributed by atoms with E-state index >= 15 is 0 Å². The molecule has 1 aromatic rings. The van der Waals surface area contributed by atoms with E-state index in [1.807, 2.05) is 0 Å². The van der Waals surface area contributed by atoms with Gasteiger partial charge < -0.3 is 20.9 Å². The van der Waals surface area contributed by atoms with Crippen LogP contribution in [0.15, 0.2) is 18.2 Å². The number of nitrogens with two attached hydrogens (primary N) is 2. The lowest BCUT2D eigenvalue weighted by Gasteiger charge is -2.14. The second kappa shape index (κ2) is 6.60. The maximum absolute atomic E-state index is 11.7. The van der Waals surface area contributed by atoms with E-state index in [1.165, 1.54) is 18.2 Å². The number of carbonyl (C=O) groups is 2. The molecule has 0 bridgehead atoms. The van der Waals surface area contributed by atoms with Crippen molar-refractivity contribution in [3.63, 3.8) is 0 Å². The normalized spacial score (nSPS) is 10.9. The van der Waals surface area contributed by atoms with Gasteiger partial charge in [0.05, 0.1) is 5.56 Å². The van der Waals surface area contributed by atoms with Crippen molar-refractivity contribution in [2.45, 2.75) is 18.2 Å². The first kappa shape index (κ1) is 16.3. The number of hydrogen-bond donors (Lipinski definition) is 2. The number of benzene rings is 1. The molecule has 0 fully saturated rings. The highest BCUT2D eigenvalue weighted by atomic mass is 79.9. The van der Waals surface area contributed by atoms with Crippen LogP contribution < -0.4 is 11.5 Å². The van der Waals surface area contributed by atoms with Gasteiger partial charge in [-0.2, -0.15) is 0 Å². The Morgan fingerprint density at radius 1 is 1.10 bits per heavy atom. The highest BCUT2D eigenvalue weighted by Crippen LogP contribution is 2.17. The van der Waals surface area contributed by atoms with Gasteiger partial charge in [0.2, 0.25) is 0 Å². The van der Waals surface area contributed by atoms with Crippen LogP contribution in [0, 0.1) is 0 Å². The van der Waals surface area contributed by atoms with Crippen LogP contribution in [0.2, 0.25) is 0 Å². The van der Waals surface area contributed by atoms with Gasteiger partial charge in [0.25, 0.3) is 0 Å². The van der Waals surface area contributed by atoms with Gasteiger partial charge in [0, 0.05) is 11.4 Å². The molecule has 0 saturated heterocycles. The summed E-state index contributed by atoms with van der Waals surface area (Å²) < 4.78 is 9.12. The average molecular weight is 345 g/mol. The number of alkyl halides is 1. The lowest BCUT2D eigenvalue weighted by molar-refractivity contribution is -0.146. The Hall–Kier alpha value is -1.76. The zero-order valence-electron chi connectivity index (χ0n) is 11.3. The quantitative estimate of drug-likeness (QED) is 0.364. The fourth-order valence-electron chi connectivity index (χ4n) is 1.32. The molecule has 0 aliphatic rings. The molecule has 0 saturated carbocycles. The molecule has 0 aliphatic carbocycles. The van der Waals surface area contributed by atoms with Gasteiger partial charge in [-0.3, -0.25) is 4.79 Å². The van der Waals surface area contributed by atoms with Crippen LogP contribution in [0.1, 0.15) is 24.2 Å². The average Bonchev–Trinajstić information content (AvgIpc) is 2.31. The van der Waals surface area contributed by atoms with Crippen LogP contribution in [-0.2, 0) is 14.3 Å². The van der Waals surface area contributed by atoms with E-state index in [4.69, 9.17) is 20.9 Å². The van der Waals surface area contributed by atoms with Crippen molar-refractivity contribution in [2.24, 2.45) is 0 Å². The summed E-state index contributed by atoms with van der Waals surface area (Å²) in [5, 5.41) is 0.